The number of aliphatic imine (C=N–C) groups is 1. The Hall–Kier alpha value is -1.98. The summed E-state index contributed by atoms with van der Waals surface area (Å²) in [4.78, 5) is 30.1. The Kier molecular flexibility index (Phi) is 6.78. The van der Waals surface area contributed by atoms with Crippen LogP contribution in [0.5, 0.6) is 5.75 Å². The molecule has 2 aliphatic heterocycles. The lowest BCUT2D eigenvalue weighted by molar-refractivity contribution is -0.117. The fourth-order valence-electron chi connectivity index (χ4n) is 3.31. The first-order valence-electron chi connectivity index (χ1n) is 9.47. The van der Waals surface area contributed by atoms with Gasteiger partial charge in [-0.15, -0.1) is 0 Å². The average Bonchev–Trinajstić information content (AvgIpc) is 3.09. The average molecular weight is 490 g/mol. The maximum Gasteiger partial charge on any atom is 0.408 e. The van der Waals surface area contributed by atoms with Gasteiger partial charge in [-0.05, 0) is 39.0 Å². The molecule has 0 aliphatic carbocycles. The van der Waals surface area contributed by atoms with Crippen LogP contribution in [0, 0.1) is 0 Å². The lowest BCUT2D eigenvalue weighted by atomic mass is 10.2. The second kappa shape index (κ2) is 8.87. The molecule has 170 valence electrons. The van der Waals surface area contributed by atoms with Crippen molar-refractivity contribution in [1.82, 2.24) is 5.32 Å². The number of hydrogen-bond donors (Lipinski definition) is 1. The lowest BCUT2D eigenvalue weighted by Gasteiger charge is -2.26. The smallest absolute Gasteiger partial charge is 0.408 e. The lowest BCUT2D eigenvalue weighted by Crippen LogP contribution is -2.39. The molecule has 0 aromatic heterocycles. The third-order valence-electron chi connectivity index (χ3n) is 4.47. The molecule has 0 unspecified atom stereocenters. The van der Waals surface area contributed by atoms with Crippen molar-refractivity contribution in [3.8, 4) is 5.75 Å². The van der Waals surface area contributed by atoms with E-state index in [-0.39, 0.29) is 23.3 Å². The van der Waals surface area contributed by atoms with E-state index in [1.165, 1.54) is 18.9 Å². The maximum atomic E-state index is 12.4. The molecule has 2 fully saturated rings. The molecule has 0 spiro atoms. The highest BCUT2D eigenvalue weighted by Crippen LogP contribution is 2.44. The van der Waals surface area contributed by atoms with Gasteiger partial charge in [0.1, 0.15) is 17.9 Å². The standard InChI is InChI=1S/C19H24ClN3O6S2/c1-19(2,3)29-18(25)21-8-16(24)22-17-23(12-7-11(20)5-6-14(12)28-4)13-9-31(26,27)10-15(13)30-17/h5-7,13,15H,8-10H2,1-4H3,(H,21,25)/t13-,15+/m0/s1. The minimum absolute atomic E-state index is 0.00885. The normalized spacial score (nSPS) is 23.5. The molecule has 31 heavy (non-hydrogen) atoms. The molecule has 9 nitrogen and oxygen atoms in total. The first-order chi connectivity index (χ1) is 14.4. The number of carbonyl (C=O) groups is 2. The summed E-state index contributed by atoms with van der Waals surface area (Å²) in [5, 5.41) is 2.86. The molecular weight excluding hydrogens is 466 g/mol. The van der Waals surface area contributed by atoms with Gasteiger partial charge < -0.3 is 19.7 Å². The number of amidine groups is 1. The molecule has 2 saturated heterocycles. The van der Waals surface area contributed by atoms with Gasteiger partial charge in [0.2, 0.25) is 0 Å². The predicted octanol–water partition coefficient (Wildman–Crippen LogP) is 2.47. The van der Waals surface area contributed by atoms with E-state index < -0.39 is 33.5 Å². The van der Waals surface area contributed by atoms with Gasteiger partial charge >= 0.3 is 6.09 Å². The Labute approximate surface area is 190 Å². The topological polar surface area (TPSA) is 114 Å². The summed E-state index contributed by atoms with van der Waals surface area (Å²) in [5.41, 5.74) is -0.165. The molecule has 3 rings (SSSR count). The van der Waals surface area contributed by atoms with Crippen molar-refractivity contribution in [2.24, 2.45) is 4.99 Å². The quantitative estimate of drug-likeness (QED) is 0.686. The maximum absolute atomic E-state index is 12.4. The van der Waals surface area contributed by atoms with E-state index in [4.69, 9.17) is 21.1 Å². The van der Waals surface area contributed by atoms with Crippen LogP contribution in [-0.2, 0) is 19.4 Å². The number of thioether (sulfide) groups is 1. The number of alkyl carbamates (subject to hydrolysis) is 1. The van der Waals surface area contributed by atoms with E-state index in [0.29, 0.717) is 21.6 Å². The molecule has 1 N–H and O–H groups in total. The Bertz CT molecular complexity index is 1020. The number of nitrogens with zero attached hydrogens (tertiary/aromatic N) is 2. The predicted molar refractivity (Wildman–Crippen MR) is 121 cm³/mol. The second-order valence-corrected chi connectivity index (χ2v) is 11.9. The summed E-state index contributed by atoms with van der Waals surface area (Å²) >= 11 is 7.38. The van der Waals surface area contributed by atoms with Gasteiger partial charge in [0.15, 0.2) is 15.0 Å². The molecule has 2 aliphatic rings. The largest absolute Gasteiger partial charge is 0.495 e. The van der Waals surface area contributed by atoms with Crippen molar-refractivity contribution in [2.75, 3.05) is 30.1 Å². The van der Waals surface area contributed by atoms with Crippen molar-refractivity contribution in [1.29, 1.82) is 0 Å². The first-order valence-corrected chi connectivity index (χ1v) is 12.5. The third-order valence-corrected chi connectivity index (χ3v) is 7.92. The number of ether oxygens (including phenoxy) is 2. The van der Waals surface area contributed by atoms with Gasteiger partial charge in [-0.1, -0.05) is 23.4 Å². The molecule has 2 amide bonds. The summed E-state index contributed by atoms with van der Waals surface area (Å²) in [6, 6.07) is 4.56. The number of halogens is 1. The Morgan fingerprint density at radius 2 is 2.03 bits per heavy atom. The molecular formula is C19H24ClN3O6S2. The zero-order valence-corrected chi connectivity index (χ0v) is 19.9. The van der Waals surface area contributed by atoms with Gasteiger partial charge in [-0.3, -0.25) is 4.79 Å². The van der Waals surface area contributed by atoms with Gasteiger partial charge in [-0.25, -0.2) is 13.2 Å². The molecule has 1 aromatic rings. The summed E-state index contributed by atoms with van der Waals surface area (Å²) in [7, 11) is -1.73. The summed E-state index contributed by atoms with van der Waals surface area (Å²) in [6.07, 6.45) is -0.726. The van der Waals surface area contributed by atoms with Crippen LogP contribution in [0.15, 0.2) is 23.2 Å². The SMILES string of the molecule is COc1ccc(Cl)cc1N1C(=NC(=O)CNC(=O)OC(C)(C)C)S[C@@H]2CS(=O)(=O)C[C@@H]21. The molecule has 1 aromatic carbocycles. The first kappa shape index (κ1) is 23.7. The summed E-state index contributed by atoms with van der Waals surface area (Å²) < 4.78 is 34.9. The molecule has 0 bridgehead atoms. The Morgan fingerprint density at radius 1 is 1.32 bits per heavy atom. The monoisotopic (exact) mass is 489 g/mol. The van der Waals surface area contributed by atoms with Crippen molar-refractivity contribution >= 4 is 56.1 Å². The van der Waals surface area contributed by atoms with Crippen LogP contribution in [-0.4, -0.2) is 67.6 Å². The van der Waals surface area contributed by atoms with Crippen LogP contribution in [0.25, 0.3) is 0 Å². The zero-order valence-electron chi connectivity index (χ0n) is 17.5. The highest BCUT2D eigenvalue weighted by atomic mass is 35.5. The number of sulfone groups is 1. The summed E-state index contributed by atoms with van der Waals surface area (Å²) in [5.74, 6) is -0.196. The zero-order chi connectivity index (χ0) is 23.0. The number of rotatable bonds is 4. The number of benzene rings is 1. The van der Waals surface area contributed by atoms with Crippen LogP contribution in [0.2, 0.25) is 5.02 Å². The Balaban J connectivity index is 1.86. The highest BCUT2D eigenvalue weighted by Gasteiger charge is 2.50. The van der Waals surface area contributed by atoms with Gasteiger partial charge in [-0.2, -0.15) is 4.99 Å². The number of hydrogen-bond acceptors (Lipinski definition) is 7. The van der Waals surface area contributed by atoms with E-state index in [0.717, 1.165) is 0 Å². The second-order valence-electron chi connectivity index (χ2n) is 8.13. The summed E-state index contributed by atoms with van der Waals surface area (Å²) in [6.45, 7) is 4.79. The number of amides is 2. The molecule has 0 saturated carbocycles. The van der Waals surface area contributed by atoms with Crippen molar-refractivity contribution in [2.45, 2.75) is 37.7 Å². The third kappa shape index (κ3) is 5.83. The number of carbonyl (C=O) groups excluding carboxylic acids is 2. The van der Waals surface area contributed by atoms with Crippen LogP contribution < -0.4 is 15.0 Å². The van der Waals surface area contributed by atoms with Crippen LogP contribution in [0.4, 0.5) is 10.5 Å². The van der Waals surface area contributed by atoms with Gasteiger partial charge in [0, 0.05) is 10.3 Å². The fourth-order valence-corrected chi connectivity index (χ4v) is 7.40. The van der Waals surface area contributed by atoms with E-state index in [1.807, 2.05) is 0 Å². The fraction of sp³-hybridized carbons (Fsp3) is 0.526. The van der Waals surface area contributed by atoms with Gasteiger partial charge in [0.25, 0.3) is 5.91 Å². The molecule has 2 heterocycles. The van der Waals surface area contributed by atoms with E-state index >= 15 is 0 Å². The number of fused-ring (bicyclic) bond motifs is 1. The molecule has 12 heteroatoms. The number of nitrogens with one attached hydrogen (secondary N) is 1. The number of methoxy groups -OCH3 is 1. The van der Waals surface area contributed by atoms with Crippen LogP contribution >= 0.6 is 23.4 Å². The minimum atomic E-state index is -3.22. The van der Waals surface area contributed by atoms with Crippen molar-refractivity contribution in [3.05, 3.63) is 23.2 Å². The highest BCUT2D eigenvalue weighted by molar-refractivity contribution is 8.16. The minimum Gasteiger partial charge on any atom is -0.495 e. The van der Waals surface area contributed by atoms with E-state index in [1.54, 1.807) is 43.9 Å². The van der Waals surface area contributed by atoms with Gasteiger partial charge in [0.05, 0.1) is 30.3 Å². The van der Waals surface area contributed by atoms with Crippen molar-refractivity contribution in [3.63, 3.8) is 0 Å². The van der Waals surface area contributed by atoms with Crippen LogP contribution in [0.1, 0.15) is 20.8 Å². The number of anilines is 1. The van der Waals surface area contributed by atoms with E-state index in [2.05, 4.69) is 10.3 Å². The van der Waals surface area contributed by atoms with Crippen LogP contribution in [0.3, 0.4) is 0 Å². The van der Waals surface area contributed by atoms with Crippen molar-refractivity contribution < 1.29 is 27.5 Å². The molecule has 2 atom stereocenters. The molecule has 0 radical (unpaired) electrons. The Morgan fingerprint density at radius 3 is 2.68 bits per heavy atom. The van der Waals surface area contributed by atoms with E-state index in [9.17, 15) is 18.0 Å².